The Kier molecular flexibility index (Phi) is 10.1. The molecular formula is C24H23Cl3Sn. The van der Waals surface area contributed by atoms with Gasteiger partial charge in [0.1, 0.15) is 0 Å². The van der Waals surface area contributed by atoms with Gasteiger partial charge in [-0.1, -0.05) is 0 Å². The molecule has 4 heteroatoms. The molecule has 4 rings (SSSR count). The number of hydrogen-bond donors (Lipinski definition) is 0. The van der Waals surface area contributed by atoms with Crippen LogP contribution in [-0.4, -0.2) is 18.4 Å². The molecule has 144 valence electrons. The number of benzene rings is 4. The molecule has 0 N–H and O–H groups in total. The van der Waals surface area contributed by atoms with Crippen LogP contribution < -0.4 is 14.3 Å². The Morgan fingerprint density at radius 3 is 0.643 bits per heavy atom. The molecule has 0 aromatic heterocycles. The molecule has 0 aliphatic heterocycles. The van der Waals surface area contributed by atoms with Gasteiger partial charge in [0.15, 0.2) is 0 Å². The van der Waals surface area contributed by atoms with Gasteiger partial charge in [-0.05, 0) is 0 Å². The summed E-state index contributed by atoms with van der Waals surface area (Å²) in [5.74, 6) is 0. The fraction of sp³-hybridized carbons (Fsp3) is 0. The summed E-state index contributed by atoms with van der Waals surface area (Å²) < 4.78 is 5.95. The molecule has 0 bridgehead atoms. The monoisotopic (exact) mass is 536 g/mol. The number of rotatable bonds is 4. The normalized spacial score (nSPS) is 10.0. The molecule has 0 saturated heterocycles. The second kappa shape index (κ2) is 11.5. The second-order valence-electron chi connectivity index (χ2n) is 6.21. The summed E-state index contributed by atoms with van der Waals surface area (Å²) in [6, 6.07) is 44.4. The van der Waals surface area contributed by atoms with Gasteiger partial charge in [-0.25, -0.2) is 0 Å². The van der Waals surface area contributed by atoms with Crippen molar-refractivity contribution < 1.29 is 0 Å². The standard InChI is InChI=1S/4C6H5.3ClH.Sn/c4*1-2-4-6-5-3-1;;;;/h4*1-5H;3*1H;. The van der Waals surface area contributed by atoms with E-state index >= 15 is 0 Å². The zero-order valence-electron chi connectivity index (χ0n) is 15.3. The molecule has 0 atom stereocenters. The van der Waals surface area contributed by atoms with Gasteiger partial charge in [-0.2, -0.15) is 0 Å². The minimum absolute atomic E-state index is 0. The van der Waals surface area contributed by atoms with Crippen molar-refractivity contribution in [3.8, 4) is 0 Å². The molecule has 0 fully saturated rings. The van der Waals surface area contributed by atoms with Crippen molar-refractivity contribution in [1.82, 2.24) is 0 Å². The molecule has 0 heterocycles. The summed E-state index contributed by atoms with van der Waals surface area (Å²) >= 11 is -3.31. The van der Waals surface area contributed by atoms with Crippen LogP contribution in [0.1, 0.15) is 0 Å². The average Bonchev–Trinajstić information content (AvgIpc) is 2.72. The maximum absolute atomic E-state index is 3.31. The number of halogens is 3. The molecule has 0 radical (unpaired) electrons. The Morgan fingerprint density at radius 1 is 0.286 bits per heavy atom. The predicted molar refractivity (Wildman–Crippen MR) is 132 cm³/mol. The Hall–Kier alpha value is -1.45. The molecule has 0 saturated carbocycles. The van der Waals surface area contributed by atoms with Crippen molar-refractivity contribution in [3.63, 3.8) is 0 Å². The third kappa shape index (κ3) is 4.58. The molecule has 0 nitrogen and oxygen atoms in total. The topological polar surface area (TPSA) is 0 Å². The fourth-order valence-corrected chi connectivity index (χ4v) is 17.4. The third-order valence-electron chi connectivity index (χ3n) is 4.83. The first-order valence-electron chi connectivity index (χ1n) is 8.64. The van der Waals surface area contributed by atoms with E-state index in [4.69, 9.17) is 0 Å². The molecule has 4 aromatic rings. The van der Waals surface area contributed by atoms with E-state index in [1.54, 1.807) is 0 Å². The van der Waals surface area contributed by atoms with Crippen LogP contribution in [0.4, 0.5) is 0 Å². The first-order valence-corrected chi connectivity index (χ1v) is 14.4. The van der Waals surface area contributed by atoms with Crippen molar-refractivity contribution in [2.45, 2.75) is 0 Å². The van der Waals surface area contributed by atoms with E-state index in [1.807, 2.05) is 0 Å². The fourth-order valence-electron chi connectivity index (χ4n) is 3.75. The second-order valence-corrected chi connectivity index (χ2v) is 17.1. The van der Waals surface area contributed by atoms with Crippen LogP contribution in [0.2, 0.25) is 0 Å². The van der Waals surface area contributed by atoms with Crippen molar-refractivity contribution in [2.24, 2.45) is 0 Å². The SMILES string of the molecule is Cl.Cl.Cl.c1cc[c]([Sn]([c]2ccccc2)([c]2ccccc2)[c]2ccccc2)cc1. The van der Waals surface area contributed by atoms with E-state index < -0.39 is 18.4 Å². The van der Waals surface area contributed by atoms with E-state index in [0.717, 1.165) is 0 Å². The minimum atomic E-state index is -3.31. The summed E-state index contributed by atoms with van der Waals surface area (Å²) in [5, 5.41) is 0. The van der Waals surface area contributed by atoms with E-state index in [1.165, 1.54) is 14.3 Å². The van der Waals surface area contributed by atoms with Gasteiger partial charge in [0.2, 0.25) is 0 Å². The van der Waals surface area contributed by atoms with Crippen LogP contribution in [0.3, 0.4) is 0 Å². The molecule has 4 aromatic carbocycles. The van der Waals surface area contributed by atoms with Crippen molar-refractivity contribution in [2.75, 3.05) is 0 Å². The molecule has 0 spiro atoms. The Bertz CT molecular complexity index is 767. The van der Waals surface area contributed by atoms with Crippen LogP contribution >= 0.6 is 37.2 Å². The van der Waals surface area contributed by atoms with Crippen molar-refractivity contribution >= 4 is 69.9 Å². The zero-order chi connectivity index (χ0) is 17.0. The Morgan fingerprint density at radius 2 is 0.464 bits per heavy atom. The predicted octanol–water partition coefficient (Wildman–Crippen LogP) is 4.33. The van der Waals surface area contributed by atoms with Crippen molar-refractivity contribution in [3.05, 3.63) is 121 Å². The Balaban J connectivity index is 0.00000131. The van der Waals surface area contributed by atoms with Crippen LogP contribution in [0.5, 0.6) is 0 Å². The van der Waals surface area contributed by atoms with Gasteiger partial charge >= 0.3 is 154 Å². The molecule has 28 heavy (non-hydrogen) atoms. The molecule has 0 unspecified atom stereocenters. The number of hydrogen-bond acceptors (Lipinski definition) is 0. The Labute approximate surface area is 190 Å². The summed E-state index contributed by atoms with van der Waals surface area (Å²) in [6.07, 6.45) is 0. The molecule has 0 amide bonds. The quantitative estimate of drug-likeness (QED) is 0.341. The third-order valence-corrected chi connectivity index (χ3v) is 18.5. The summed E-state index contributed by atoms with van der Waals surface area (Å²) in [7, 11) is 0. The van der Waals surface area contributed by atoms with Gasteiger partial charge < -0.3 is 0 Å². The van der Waals surface area contributed by atoms with Gasteiger partial charge in [-0.15, -0.1) is 37.2 Å². The van der Waals surface area contributed by atoms with E-state index in [0.29, 0.717) is 0 Å². The van der Waals surface area contributed by atoms with E-state index in [2.05, 4.69) is 121 Å². The van der Waals surface area contributed by atoms with Gasteiger partial charge in [0.05, 0.1) is 0 Å². The molecular weight excluding hydrogens is 513 g/mol. The van der Waals surface area contributed by atoms with Gasteiger partial charge in [0.25, 0.3) is 0 Å². The van der Waals surface area contributed by atoms with E-state index in [-0.39, 0.29) is 37.2 Å². The van der Waals surface area contributed by atoms with Gasteiger partial charge in [-0.3, -0.25) is 0 Å². The molecule has 0 aliphatic carbocycles. The first-order chi connectivity index (χ1) is 12.4. The summed E-state index contributed by atoms with van der Waals surface area (Å²) in [4.78, 5) is 0. The van der Waals surface area contributed by atoms with Crippen molar-refractivity contribution in [1.29, 1.82) is 0 Å². The van der Waals surface area contributed by atoms with Crippen LogP contribution in [-0.2, 0) is 0 Å². The van der Waals surface area contributed by atoms with Crippen LogP contribution in [0.25, 0.3) is 0 Å². The average molecular weight is 537 g/mol. The summed E-state index contributed by atoms with van der Waals surface area (Å²) in [5.41, 5.74) is 0. The van der Waals surface area contributed by atoms with Crippen LogP contribution in [0.15, 0.2) is 121 Å². The maximum atomic E-state index is 2.32. The van der Waals surface area contributed by atoms with Crippen LogP contribution in [0, 0.1) is 0 Å². The summed E-state index contributed by atoms with van der Waals surface area (Å²) in [6.45, 7) is 0. The zero-order valence-corrected chi connectivity index (χ0v) is 20.6. The van der Waals surface area contributed by atoms with Gasteiger partial charge in [0, 0.05) is 0 Å². The van der Waals surface area contributed by atoms with E-state index in [9.17, 15) is 0 Å². The molecule has 0 aliphatic rings. The first kappa shape index (κ1) is 24.6.